The summed E-state index contributed by atoms with van der Waals surface area (Å²) in [5.74, 6) is 0. The van der Waals surface area contributed by atoms with E-state index < -0.39 is 0 Å². The monoisotopic (exact) mass is 204 g/mol. The zero-order valence-corrected chi connectivity index (χ0v) is 8.98. The Morgan fingerprint density at radius 1 is 1.67 bits per heavy atom. The third-order valence-corrected chi connectivity index (χ3v) is 3.15. The maximum absolute atomic E-state index is 9.09. The minimum atomic E-state index is 0.0667. The second kappa shape index (κ2) is 4.45. The van der Waals surface area contributed by atoms with Crippen LogP contribution in [0.5, 0.6) is 0 Å². The van der Waals surface area contributed by atoms with Crippen molar-refractivity contribution in [3.63, 3.8) is 0 Å². The van der Waals surface area contributed by atoms with Gasteiger partial charge in [-0.2, -0.15) is 10.4 Å². The van der Waals surface area contributed by atoms with Crippen LogP contribution in [-0.4, -0.2) is 27.7 Å². The van der Waals surface area contributed by atoms with E-state index in [1.54, 1.807) is 6.20 Å². The van der Waals surface area contributed by atoms with Gasteiger partial charge in [0, 0.05) is 6.20 Å². The van der Waals surface area contributed by atoms with Gasteiger partial charge in [0.25, 0.3) is 0 Å². The summed E-state index contributed by atoms with van der Waals surface area (Å²) in [6.45, 7) is 3.03. The molecular weight excluding hydrogens is 188 g/mol. The lowest BCUT2D eigenvalue weighted by molar-refractivity contribution is 0.116. The summed E-state index contributed by atoms with van der Waals surface area (Å²) in [6, 6.07) is 4.81. The number of aromatic nitrogens is 2. The van der Waals surface area contributed by atoms with Gasteiger partial charge in [-0.25, -0.2) is 0 Å². The van der Waals surface area contributed by atoms with Crippen molar-refractivity contribution in [3.8, 4) is 6.07 Å². The summed E-state index contributed by atoms with van der Waals surface area (Å²) in [5, 5.41) is 16.1. The predicted molar refractivity (Wildman–Crippen MR) is 57.0 cm³/mol. The number of hydrogen-bond donors (Lipinski definition) is 1. The first-order valence-electron chi connectivity index (χ1n) is 5.51. The molecule has 0 bridgehead atoms. The fraction of sp³-hybridized carbons (Fsp3) is 0.636. The Morgan fingerprint density at radius 2 is 2.53 bits per heavy atom. The molecule has 0 saturated carbocycles. The van der Waals surface area contributed by atoms with E-state index in [0.717, 1.165) is 31.5 Å². The molecule has 0 aliphatic carbocycles. The largest absolute Gasteiger partial charge is 0.281 e. The molecule has 0 amide bonds. The lowest BCUT2D eigenvalue weighted by Gasteiger charge is -2.37. The Morgan fingerprint density at radius 3 is 3.13 bits per heavy atom. The van der Waals surface area contributed by atoms with E-state index in [9.17, 15) is 0 Å². The van der Waals surface area contributed by atoms with Crippen molar-refractivity contribution in [1.82, 2.24) is 15.1 Å². The van der Waals surface area contributed by atoms with Gasteiger partial charge in [0.1, 0.15) is 0 Å². The Hall–Kier alpha value is -1.34. The second-order valence-corrected chi connectivity index (χ2v) is 3.93. The molecule has 1 N–H and O–H groups in total. The highest BCUT2D eigenvalue weighted by Crippen LogP contribution is 2.32. The van der Waals surface area contributed by atoms with Gasteiger partial charge in [0.05, 0.1) is 23.8 Å². The Balaban J connectivity index is 2.20. The number of H-pyrrole nitrogens is 1. The molecule has 1 aromatic rings. The van der Waals surface area contributed by atoms with E-state index in [4.69, 9.17) is 5.26 Å². The summed E-state index contributed by atoms with van der Waals surface area (Å²) >= 11 is 0. The molecule has 4 nitrogen and oxygen atoms in total. The van der Waals surface area contributed by atoms with Crippen molar-refractivity contribution in [2.75, 3.05) is 6.54 Å². The molecule has 1 aliphatic rings. The third kappa shape index (κ3) is 1.88. The first-order valence-corrected chi connectivity index (χ1v) is 5.51. The summed E-state index contributed by atoms with van der Waals surface area (Å²) in [7, 11) is 0. The van der Waals surface area contributed by atoms with Crippen molar-refractivity contribution >= 4 is 0 Å². The molecular formula is C11H16N4. The summed E-state index contributed by atoms with van der Waals surface area (Å²) in [4.78, 5) is 2.26. The van der Waals surface area contributed by atoms with Crippen LogP contribution in [-0.2, 0) is 0 Å². The van der Waals surface area contributed by atoms with Crippen LogP contribution >= 0.6 is 0 Å². The standard InChI is InChI=1S/C11H16N4/c1-2-15-9(8-12)4-3-5-11(15)10-6-7-13-14-10/h6-7,9,11H,2-5H2,1H3,(H,13,14). The molecule has 2 heterocycles. The van der Waals surface area contributed by atoms with Crippen LogP contribution in [0, 0.1) is 11.3 Å². The fourth-order valence-electron chi connectivity index (χ4n) is 2.42. The van der Waals surface area contributed by atoms with Crippen LogP contribution in [0.1, 0.15) is 37.9 Å². The van der Waals surface area contributed by atoms with Gasteiger partial charge in [0.15, 0.2) is 0 Å². The van der Waals surface area contributed by atoms with E-state index in [-0.39, 0.29) is 6.04 Å². The molecule has 0 aromatic carbocycles. The molecule has 1 fully saturated rings. The highest BCUT2D eigenvalue weighted by molar-refractivity contribution is 5.09. The highest BCUT2D eigenvalue weighted by Gasteiger charge is 2.30. The predicted octanol–water partition coefficient (Wildman–Crippen LogP) is 1.85. The van der Waals surface area contributed by atoms with Crippen LogP contribution in [0.3, 0.4) is 0 Å². The zero-order chi connectivity index (χ0) is 10.7. The average Bonchev–Trinajstić information content (AvgIpc) is 2.81. The Bertz CT molecular complexity index is 338. The first kappa shape index (κ1) is 10.2. The van der Waals surface area contributed by atoms with Crippen LogP contribution in [0.15, 0.2) is 12.3 Å². The van der Waals surface area contributed by atoms with E-state index in [1.807, 2.05) is 6.07 Å². The number of aromatic amines is 1. The molecule has 2 unspecified atom stereocenters. The number of nitriles is 1. The van der Waals surface area contributed by atoms with Gasteiger partial charge in [-0.1, -0.05) is 6.92 Å². The lowest BCUT2D eigenvalue weighted by Crippen LogP contribution is -2.40. The van der Waals surface area contributed by atoms with Crippen LogP contribution in [0.2, 0.25) is 0 Å². The van der Waals surface area contributed by atoms with Crippen LogP contribution < -0.4 is 0 Å². The van der Waals surface area contributed by atoms with Gasteiger partial charge in [-0.05, 0) is 31.9 Å². The van der Waals surface area contributed by atoms with E-state index in [1.165, 1.54) is 0 Å². The summed E-state index contributed by atoms with van der Waals surface area (Å²) in [5.41, 5.74) is 1.14. The Kier molecular flexibility index (Phi) is 3.02. The van der Waals surface area contributed by atoms with Crippen molar-refractivity contribution < 1.29 is 0 Å². The van der Waals surface area contributed by atoms with Crippen LogP contribution in [0.4, 0.5) is 0 Å². The zero-order valence-electron chi connectivity index (χ0n) is 8.98. The molecule has 4 heteroatoms. The Labute approximate surface area is 89.9 Å². The van der Waals surface area contributed by atoms with Gasteiger partial charge >= 0.3 is 0 Å². The van der Waals surface area contributed by atoms with Crippen molar-refractivity contribution in [1.29, 1.82) is 5.26 Å². The quantitative estimate of drug-likeness (QED) is 0.799. The first-order chi connectivity index (χ1) is 7.36. The van der Waals surface area contributed by atoms with Gasteiger partial charge in [-0.3, -0.25) is 10.00 Å². The fourth-order valence-corrected chi connectivity index (χ4v) is 2.42. The minimum absolute atomic E-state index is 0.0667. The number of rotatable bonds is 2. The number of hydrogen-bond acceptors (Lipinski definition) is 3. The molecule has 1 saturated heterocycles. The second-order valence-electron chi connectivity index (χ2n) is 3.93. The molecule has 2 atom stereocenters. The maximum atomic E-state index is 9.09. The minimum Gasteiger partial charge on any atom is -0.281 e. The third-order valence-electron chi connectivity index (χ3n) is 3.15. The van der Waals surface area contributed by atoms with E-state index in [0.29, 0.717) is 6.04 Å². The number of likely N-dealkylation sites (tertiary alicyclic amines) is 1. The SMILES string of the molecule is CCN1C(C#N)CCCC1c1ccn[nH]1. The molecule has 15 heavy (non-hydrogen) atoms. The molecule has 0 spiro atoms. The average molecular weight is 204 g/mol. The smallest absolute Gasteiger partial charge is 0.0983 e. The topological polar surface area (TPSA) is 55.7 Å². The molecule has 1 aliphatic heterocycles. The molecule has 1 aromatic heterocycles. The van der Waals surface area contributed by atoms with Crippen molar-refractivity contribution in [2.24, 2.45) is 0 Å². The van der Waals surface area contributed by atoms with E-state index >= 15 is 0 Å². The van der Waals surface area contributed by atoms with Gasteiger partial charge < -0.3 is 0 Å². The molecule has 2 rings (SSSR count). The molecule has 0 radical (unpaired) electrons. The van der Waals surface area contributed by atoms with Gasteiger partial charge in [-0.15, -0.1) is 0 Å². The number of nitrogens with one attached hydrogen (secondary N) is 1. The maximum Gasteiger partial charge on any atom is 0.0983 e. The van der Waals surface area contributed by atoms with Crippen molar-refractivity contribution in [3.05, 3.63) is 18.0 Å². The van der Waals surface area contributed by atoms with Crippen LogP contribution in [0.25, 0.3) is 0 Å². The van der Waals surface area contributed by atoms with E-state index in [2.05, 4.69) is 28.1 Å². The highest BCUT2D eigenvalue weighted by atomic mass is 15.2. The van der Waals surface area contributed by atoms with Gasteiger partial charge in [0.2, 0.25) is 0 Å². The summed E-state index contributed by atoms with van der Waals surface area (Å²) < 4.78 is 0. The lowest BCUT2D eigenvalue weighted by atomic mass is 9.94. The number of piperidine rings is 1. The summed E-state index contributed by atoms with van der Waals surface area (Å²) in [6.07, 6.45) is 5.01. The molecule has 80 valence electrons. The normalized spacial score (nSPS) is 27.5. The number of nitrogens with zero attached hydrogens (tertiary/aromatic N) is 3. The van der Waals surface area contributed by atoms with Crippen molar-refractivity contribution in [2.45, 2.75) is 38.3 Å².